The summed E-state index contributed by atoms with van der Waals surface area (Å²) in [5, 5.41) is 3.59. The fourth-order valence-electron chi connectivity index (χ4n) is 2.49. The van der Waals surface area contributed by atoms with E-state index in [1.165, 1.54) is 11.8 Å². The summed E-state index contributed by atoms with van der Waals surface area (Å²) in [5.41, 5.74) is 0.991. The summed E-state index contributed by atoms with van der Waals surface area (Å²) in [6.07, 6.45) is 3.60. The first-order valence-electron chi connectivity index (χ1n) is 8.44. The Morgan fingerprint density at radius 1 is 1.48 bits per heavy atom. The van der Waals surface area contributed by atoms with E-state index in [0.717, 1.165) is 28.1 Å². The Labute approximate surface area is 156 Å². The van der Waals surface area contributed by atoms with Gasteiger partial charge in [-0.3, -0.25) is 9.59 Å². The van der Waals surface area contributed by atoms with Crippen LogP contribution >= 0.6 is 23.1 Å². The fraction of sp³-hybridized carbons (Fsp3) is 0.500. The van der Waals surface area contributed by atoms with E-state index in [1.807, 2.05) is 6.92 Å². The lowest BCUT2D eigenvalue weighted by molar-refractivity contribution is -0.120. The number of hydrogen-bond acceptors (Lipinski definition) is 5. The molecule has 0 unspecified atom stereocenters. The number of thiophene rings is 1. The van der Waals surface area contributed by atoms with Crippen molar-refractivity contribution in [2.45, 2.75) is 50.9 Å². The quantitative estimate of drug-likeness (QED) is 0.417. The van der Waals surface area contributed by atoms with Crippen LogP contribution in [0.15, 0.2) is 22.6 Å². The average molecular weight is 380 g/mol. The van der Waals surface area contributed by atoms with Crippen LogP contribution in [0.4, 0.5) is 0 Å². The van der Waals surface area contributed by atoms with E-state index in [2.05, 4.69) is 35.7 Å². The van der Waals surface area contributed by atoms with Crippen LogP contribution in [-0.4, -0.2) is 27.7 Å². The Balaban J connectivity index is 2.29. The number of amides is 1. The van der Waals surface area contributed by atoms with Gasteiger partial charge in [-0.2, -0.15) is 0 Å². The highest BCUT2D eigenvalue weighted by molar-refractivity contribution is 8.00. The number of aromatic nitrogens is 2. The SMILES string of the molecule is C=CCNC(=O)[C@H](C)Sc1nc2sc(C)c(C[C@@H](C)CC)c2c(=O)[nH]1. The zero-order valence-corrected chi connectivity index (χ0v) is 16.8. The fourth-order valence-corrected chi connectivity index (χ4v) is 4.42. The molecule has 0 aromatic carbocycles. The summed E-state index contributed by atoms with van der Waals surface area (Å²) in [5.74, 6) is 0.422. The van der Waals surface area contributed by atoms with Gasteiger partial charge in [-0.05, 0) is 31.7 Å². The summed E-state index contributed by atoms with van der Waals surface area (Å²) in [6, 6.07) is 0. The number of fused-ring (bicyclic) bond motifs is 1. The normalized spacial score (nSPS) is 13.6. The van der Waals surface area contributed by atoms with Crippen molar-refractivity contribution in [3.05, 3.63) is 33.4 Å². The van der Waals surface area contributed by atoms with E-state index < -0.39 is 0 Å². The lowest BCUT2D eigenvalue weighted by Crippen LogP contribution is -2.31. The largest absolute Gasteiger partial charge is 0.352 e. The summed E-state index contributed by atoms with van der Waals surface area (Å²) < 4.78 is 0. The molecule has 136 valence electrons. The lowest BCUT2D eigenvalue weighted by Gasteiger charge is -2.10. The van der Waals surface area contributed by atoms with Crippen molar-refractivity contribution in [1.82, 2.24) is 15.3 Å². The van der Waals surface area contributed by atoms with E-state index in [-0.39, 0.29) is 16.7 Å². The van der Waals surface area contributed by atoms with Crippen LogP contribution in [0.2, 0.25) is 0 Å². The Morgan fingerprint density at radius 2 is 2.20 bits per heavy atom. The van der Waals surface area contributed by atoms with Crippen molar-refractivity contribution in [3.8, 4) is 0 Å². The van der Waals surface area contributed by atoms with Crippen LogP contribution < -0.4 is 10.9 Å². The van der Waals surface area contributed by atoms with Gasteiger partial charge in [0.1, 0.15) is 4.83 Å². The van der Waals surface area contributed by atoms with E-state index in [1.54, 1.807) is 24.3 Å². The van der Waals surface area contributed by atoms with Crippen LogP contribution in [0.1, 0.15) is 37.6 Å². The monoisotopic (exact) mass is 379 g/mol. The first kappa shape index (κ1) is 19.7. The molecule has 0 aliphatic rings. The molecule has 0 radical (unpaired) electrons. The van der Waals surface area contributed by atoms with Crippen LogP contribution in [-0.2, 0) is 11.2 Å². The topological polar surface area (TPSA) is 74.8 Å². The number of carbonyl (C=O) groups excluding carboxylic acids is 1. The molecular formula is C18H25N3O2S2. The van der Waals surface area contributed by atoms with Gasteiger partial charge in [0.2, 0.25) is 5.91 Å². The minimum atomic E-state index is -0.346. The maximum Gasteiger partial charge on any atom is 0.260 e. The van der Waals surface area contributed by atoms with E-state index >= 15 is 0 Å². The second-order valence-electron chi connectivity index (χ2n) is 6.20. The highest BCUT2D eigenvalue weighted by atomic mass is 32.2. The molecule has 7 heteroatoms. The number of hydrogen-bond donors (Lipinski definition) is 2. The van der Waals surface area contributed by atoms with Crippen LogP contribution in [0.3, 0.4) is 0 Å². The Morgan fingerprint density at radius 3 is 2.84 bits per heavy atom. The molecule has 0 saturated heterocycles. The standard InChI is InChI=1S/C18H25N3O2S2/c1-6-8-19-15(22)12(5)25-18-20-16(23)14-13(9-10(3)7-2)11(4)24-17(14)21-18/h6,10,12H,1,7-9H2,2-5H3,(H,19,22)(H,20,21,23)/t10-,12-/m0/s1. The molecule has 2 N–H and O–H groups in total. The molecule has 2 aromatic heterocycles. The number of nitrogens with one attached hydrogen (secondary N) is 2. The molecule has 0 bridgehead atoms. The molecule has 0 aliphatic carbocycles. The number of thioether (sulfide) groups is 1. The van der Waals surface area contributed by atoms with Gasteiger partial charge >= 0.3 is 0 Å². The van der Waals surface area contributed by atoms with E-state index in [9.17, 15) is 9.59 Å². The van der Waals surface area contributed by atoms with Crippen molar-refractivity contribution in [2.75, 3.05) is 6.54 Å². The Hall–Kier alpha value is -1.60. The first-order valence-corrected chi connectivity index (χ1v) is 10.1. The third-order valence-electron chi connectivity index (χ3n) is 4.17. The van der Waals surface area contributed by atoms with Crippen molar-refractivity contribution in [3.63, 3.8) is 0 Å². The third kappa shape index (κ3) is 4.73. The minimum absolute atomic E-state index is 0.104. The molecule has 0 spiro atoms. The predicted octanol–water partition coefficient (Wildman–Crippen LogP) is 3.66. The molecule has 2 rings (SSSR count). The zero-order chi connectivity index (χ0) is 18.6. The van der Waals surface area contributed by atoms with Crippen molar-refractivity contribution in [2.24, 2.45) is 5.92 Å². The first-order chi connectivity index (χ1) is 11.9. The number of carbonyl (C=O) groups is 1. The summed E-state index contributed by atoms with van der Waals surface area (Å²) in [6.45, 7) is 12.2. The van der Waals surface area contributed by atoms with Gasteiger partial charge in [-0.15, -0.1) is 17.9 Å². The number of aryl methyl sites for hydroxylation is 1. The molecule has 25 heavy (non-hydrogen) atoms. The predicted molar refractivity (Wildman–Crippen MR) is 107 cm³/mol. The van der Waals surface area contributed by atoms with Gasteiger partial charge in [0, 0.05) is 11.4 Å². The molecule has 2 atom stereocenters. The molecule has 0 fully saturated rings. The van der Waals surface area contributed by atoms with E-state index in [0.29, 0.717) is 23.0 Å². The molecular weight excluding hydrogens is 354 g/mol. The molecule has 5 nitrogen and oxygen atoms in total. The number of H-pyrrole nitrogens is 1. The second-order valence-corrected chi connectivity index (χ2v) is 8.73. The molecule has 0 aliphatic heterocycles. The third-order valence-corrected chi connectivity index (χ3v) is 6.19. The minimum Gasteiger partial charge on any atom is -0.352 e. The smallest absolute Gasteiger partial charge is 0.260 e. The van der Waals surface area contributed by atoms with Gasteiger partial charge in [-0.1, -0.05) is 38.1 Å². The van der Waals surface area contributed by atoms with Gasteiger partial charge in [0.25, 0.3) is 5.56 Å². The maximum atomic E-state index is 12.6. The molecule has 2 aromatic rings. The summed E-state index contributed by atoms with van der Waals surface area (Å²) in [4.78, 5) is 33.9. The van der Waals surface area contributed by atoms with Crippen LogP contribution in [0.5, 0.6) is 0 Å². The van der Waals surface area contributed by atoms with Gasteiger partial charge in [0.15, 0.2) is 5.16 Å². The van der Waals surface area contributed by atoms with Crippen LogP contribution in [0.25, 0.3) is 10.2 Å². The van der Waals surface area contributed by atoms with Crippen molar-refractivity contribution in [1.29, 1.82) is 0 Å². The lowest BCUT2D eigenvalue weighted by atomic mass is 9.98. The number of aromatic amines is 1. The van der Waals surface area contributed by atoms with Gasteiger partial charge in [-0.25, -0.2) is 4.98 Å². The van der Waals surface area contributed by atoms with Crippen molar-refractivity contribution < 1.29 is 4.79 Å². The summed E-state index contributed by atoms with van der Waals surface area (Å²) >= 11 is 2.81. The molecule has 2 heterocycles. The Bertz CT molecular complexity index is 826. The molecule has 1 amide bonds. The van der Waals surface area contributed by atoms with Gasteiger partial charge in [0.05, 0.1) is 10.6 Å². The van der Waals surface area contributed by atoms with Gasteiger partial charge < -0.3 is 10.3 Å². The molecule has 0 saturated carbocycles. The highest BCUT2D eigenvalue weighted by Crippen LogP contribution is 2.31. The number of rotatable bonds is 8. The van der Waals surface area contributed by atoms with Crippen LogP contribution in [0, 0.1) is 12.8 Å². The number of nitrogens with zero attached hydrogens (tertiary/aromatic N) is 1. The second kappa shape index (κ2) is 8.67. The highest BCUT2D eigenvalue weighted by Gasteiger charge is 2.19. The zero-order valence-electron chi connectivity index (χ0n) is 15.1. The Kier molecular flexibility index (Phi) is 6.84. The summed E-state index contributed by atoms with van der Waals surface area (Å²) in [7, 11) is 0. The van der Waals surface area contributed by atoms with Crippen molar-refractivity contribution >= 4 is 39.2 Å². The average Bonchev–Trinajstić information content (AvgIpc) is 2.88. The maximum absolute atomic E-state index is 12.6. The van der Waals surface area contributed by atoms with E-state index in [4.69, 9.17) is 0 Å².